The van der Waals surface area contributed by atoms with Crippen LogP contribution in [-0.4, -0.2) is 13.7 Å². The summed E-state index contributed by atoms with van der Waals surface area (Å²) in [6.07, 6.45) is 0. The Bertz CT molecular complexity index is 363. The normalized spacial score (nSPS) is 12.9. The van der Waals surface area contributed by atoms with Gasteiger partial charge in [0, 0.05) is 5.56 Å². The molecule has 0 bridgehead atoms. The molecule has 0 saturated carbocycles. The molecule has 0 saturated heterocycles. The average Bonchev–Trinajstić information content (AvgIpc) is 2.26. The summed E-state index contributed by atoms with van der Waals surface area (Å²) in [5, 5.41) is 0. The van der Waals surface area contributed by atoms with Crippen molar-refractivity contribution in [2.45, 2.75) is 32.6 Å². The van der Waals surface area contributed by atoms with Crippen molar-refractivity contribution in [3.05, 3.63) is 29.1 Å². The summed E-state index contributed by atoms with van der Waals surface area (Å²) in [4.78, 5) is 0. The number of hydrogen-bond donors (Lipinski definition) is 1. The molecule has 0 aliphatic heterocycles. The van der Waals surface area contributed by atoms with Crippen LogP contribution in [0.5, 0.6) is 5.75 Å². The molecule has 0 amide bonds. The average molecular weight is 225 g/mol. The number of hydrogen-bond acceptors (Lipinski definition) is 2. The zero-order chi connectivity index (χ0) is 12.3. The Morgan fingerprint density at radius 1 is 1.31 bits per heavy atom. The van der Waals surface area contributed by atoms with E-state index in [1.165, 1.54) is 0 Å². The van der Waals surface area contributed by atoms with Crippen molar-refractivity contribution in [1.82, 2.24) is 0 Å². The van der Waals surface area contributed by atoms with Crippen molar-refractivity contribution in [3.8, 4) is 5.75 Å². The smallest absolute Gasteiger partial charge is 0.130 e. The molecule has 16 heavy (non-hydrogen) atoms. The molecule has 1 aromatic rings. The number of ether oxygens (including phenoxy) is 1. The lowest BCUT2D eigenvalue weighted by atomic mass is 9.94. The van der Waals surface area contributed by atoms with Crippen molar-refractivity contribution in [1.29, 1.82) is 0 Å². The monoisotopic (exact) mass is 225 g/mol. The Hall–Kier alpha value is -1.09. The molecule has 0 fully saturated rings. The van der Waals surface area contributed by atoms with Crippen LogP contribution in [0.4, 0.5) is 4.39 Å². The number of rotatable bonds is 4. The highest BCUT2D eigenvalue weighted by Crippen LogP contribution is 2.32. The van der Waals surface area contributed by atoms with Gasteiger partial charge in [-0.05, 0) is 36.1 Å². The van der Waals surface area contributed by atoms with Crippen LogP contribution in [0.2, 0.25) is 0 Å². The molecule has 1 atom stereocenters. The Morgan fingerprint density at radius 2 is 1.94 bits per heavy atom. The molecule has 2 nitrogen and oxygen atoms in total. The third kappa shape index (κ3) is 2.53. The second-order valence-corrected chi connectivity index (χ2v) is 4.41. The fourth-order valence-electron chi connectivity index (χ4n) is 1.76. The van der Waals surface area contributed by atoms with E-state index < -0.39 is 0 Å². The zero-order valence-corrected chi connectivity index (χ0v) is 10.4. The molecule has 1 aromatic carbocycles. The predicted molar refractivity (Wildman–Crippen MR) is 64.5 cm³/mol. The minimum Gasteiger partial charge on any atom is -0.496 e. The molecule has 0 aromatic heterocycles. The quantitative estimate of drug-likeness (QED) is 0.854. The number of halogens is 1. The second kappa shape index (κ2) is 5.30. The Balaban J connectivity index is 3.26. The van der Waals surface area contributed by atoms with Crippen molar-refractivity contribution in [2.24, 2.45) is 5.73 Å². The molecule has 0 spiro atoms. The van der Waals surface area contributed by atoms with Gasteiger partial charge in [0.2, 0.25) is 0 Å². The summed E-state index contributed by atoms with van der Waals surface area (Å²) in [6.45, 7) is 6.38. The van der Waals surface area contributed by atoms with Crippen LogP contribution >= 0.6 is 0 Å². The second-order valence-electron chi connectivity index (χ2n) is 4.41. The first-order valence-electron chi connectivity index (χ1n) is 5.58. The Labute approximate surface area is 96.6 Å². The van der Waals surface area contributed by atoms with E-state index in [9.17, 15) is 4.39 Å². The number of nitrogens with two attached hydrogens (primary N) is 1. The molecule has 2 N–H and O–H groups in total. The summed E-state index contributed by atoms with van der Waals surface area (Å²) < 4.78 is 19.2. The van der Waals surface area contributed by atoms with Crippen LogP contribution in [0.25, 0.3) is 0 Å². The topological polar surface area (TPSA) is 35.2 Å². The molecular weight excluding hydrogens is 205 g/mol. The predicted octanol–water partition coefficient (Wildman–Crippen LogP) is 3.02. The molecular formula is C13H20FNO. The van der Waals surface area contributed by atoms with E-state index in [0.717, 1.165) is 5.56 Å². The van der Waals surface area contributed by atoms with Crippen molar-refractivity contribution >= 4 is 0 Å². The largest absolute Gasteiger partial charge is 0.496 e. The van der Waals surface area contributed by atoms with E-state index in [-0.39, 0.29) is 17.7 Å². The summed E-state index contributed by atoms with van der Waals surface area (Å²) in [6, 6.07) is 3.45. The van der Waals surface area contributed by atoms with Crippen molar-refractivity contribution in [2.75, 3.05) is 13.7 Å². The van der Waals surface area contributed by atoms with E-state index in [4.69, 9.17) is 10.5 Å². The maximum absolute atomic E-state index is 13.9. The highest BCUT2D eigenvalue weighted by Gasteiger charge is 2.16. The molecule has 90 valence electrons. The van der Waals surface area contributed by atoms with Gasteiger partial charge in [-0.2, -0.15) is 0 Å². The standard InChI is InChI=1S/C13H20FNO/c1-8(2)13-11(14)5-10(9(3)7-15)6-12(13)16-4/h5-6,8-9H,7,15H2,1-4H3. The van der Waals surface area contributed by atoms with Crippen LogP contribution in [-0.2, 0) is 0 Å². The molecule has 1 rings (SSSR count). The summed E-state index contributed by atoms with van der Waals surface area (Å²) in [5.74, 6) is 0.664. The first-order chi connectivity index (χ1) is 7.51. The summed E-state index contributed by atoms with van der Waals surface area (Å²) >= 11 is 0. The van der Waals surface area contributed by atoms with Crippen LogP contribution in [0.15, 0.2) is 12.1 Å². The lowest BCUT2D eigenvalue weighted by molar-refractivity contribution is 0.400. The maximum atomic E-state index is 13.9. The third-order valence-electron chi connectivity index (χ3n) is 2.83. The van der Waals surface area contributed by atoms with E-state index in [1.54, 1.807) is 13.2 Å². The van der Waals surface area contributed by atoms with Gasteiger partial charge in [-0.1, -0.05) is 20.8 Å². The van der Waals surface area contributed by atoms with E-state index >= 15 is 0 Å². The van der Waals surface area contributed by atoms with Crippen LogP contribution in [0.1, 0.15) is 43.7 Å². The molecule has 0 aliphatic rings. The van der Waals surface area contributed by atoms with Gasteiger partial charge in [0.1, 0.15) is 11.6 Å². The Morgan fingerprint density at radius 3 is 2.38 bits per heavy atom. The molecule has 3 heteroatoms. The minimum atomic E-state index is -0.204. The van der Waals surface area contributed by atoms with Gasteiger partial charge in [-0.25, -0.2) is 4.39 Å². The first-order valence-corrected chi connectivity index (χ1v) is 5.58. The minimum absolute atomic E-state index is 0.109. The van der Waals surface area contributed by atoms with Gasteiger partial charge < -0.3 is 10.5 Å². The number of benzene rings is 1. The molecule has 0 heterocycles. The summed E-state index contributed by atoms with van der Waals surface area (Å²) in [7, 11) is 1.57. The molecule has 0 aliphatic carbocycles. The van der Waals surface area contributed by atoms with Gasteiger partial charge in [0.15, 0.2) is 0 Å². The SMILES string of the molecule is COc1cc(C(C)CN)cc(F)c1C(C)C. The Kier molecular flexibility index (Phi) is 4.30. The lowest BCUT2D eigenvalue weighted by Gasteiger charge is -2.17. The van der Waals surface area contributed by atoms with E-state index in [0.29, 0.717) is 17.9 Å². The van der Waals surface area contributed by atoms with Gasteiger partial charge in [0.25, 0.3) is 0 Å². The van der Waals surface area contributed by atoms with E-state index in [2.05, 4.69) is 0 Å². The van der Waals surface area contributed by atoms with Crippen molar-refractivity contribution in [3.63, 3.8) is 0 Å². The summed E-state index contributed by atoms with van der Waals surface area (Å²) in [5.41, 5.74) is 7.10. The van der Waals surface area contributed by atoms with Gasteiger partial charge in [0.05, 0.1) is 7.11 Å². The lowest BCUT2D eigenvalue weighted by Crippen LogP contribution is -2.10. The van der Waals surface area contributed by atoms with Crippen LogP contribution in [0.3, 0.4) is 0 Å². The first kappa shape index (κ1) is 13.0. The van der Waals surface area contributed by atoms with Crippen molar-refractivity contribution < 1.29 is 9.13 Å². The van der Waals surface area contributed by atoms with Crippen LogP contribution in [0, 0.1) is 5.82 Å². The van der Waals surface area contributed by atoms with Gasteiger partial charge in [-0.3, -0.25) is 0 Å². The molecule has 0 radical (unpaired) electrons. The molecule has 1 unspecified atom stereocenters. The fraction of sp³-hybridized carbons (Fsp3) is 0.538. The highest BCUT2D eigenvalue weighted by atomic mass is 19.1. The third-order valence-corrected chi connectivity index (χ3v) is 2.83. The number of methoxy groups -OCH3 is 1. The van der Waals surface area contributed by atoms with Gasteiger partial charge in [-0.15, -0.1) is 0 Å². The maximum Gasteiger partial charge on any atom is 0.130 e. The zero-order valence-electron chi connectivity index (χ0n) is 10.4. The van der Waals surface area contributed by atoms with E-state index in [1.807, 2.05) is 26.8 Å². The van der Waals surface area contributed by atoms with Crippen LogP contribution < -0.4 is 10.5 Å². The fourth-order valence-corrected chi connectivity index (χ4v) is 1.76. The van der Waals surface area contributed by atoms with Gasteiger partial charge >= 0.3 is 0 Å². The highest BCUT2D eigenvalue weighted by molar-refractivity contribution is 5.41.